The summed E-state index contributed by atoms with van der Waals surface area (Å²) in [5, 5.41) is 10.5. The van der Waals surface area contributed by atoms with Crippen molar-refractivity contribution in [2.75, 3.05) is 6.54 Å². The Hall–Kier alpha value is -1.05. The lowest BCUT2D eigenvalue weighted by Gasteiger charge is -2.12. The molecule has 1 aromatic heterocycles. The molecule has 0 saturated heterocycles. The van der Waals surface area contributed by atoms with Gasteiger partial charge in [0.1, 0.15) is 16.4 Å². The molecule has 1 atom stereocenters. The van der Waals surface area contributed by atoms with Crippen LogP contribution in [0.3, 0.4) is 0 Å². The van der Waals surface area contributed by atoms with Gasteiger partial charge in [-0.2, -0.15) is 0 Å². The van der Waals surface area contributed by atoms with E-state index in [1.54, 1.807) is 19.9 Å². The maximum absolute atomic E-state index is 12.2. The van der Waals surface area contributed by atoms with Crippen LogP contribution in [-0.4, -0.2) is 20.1 Å². The number of halogens is 2. The number of furan rings is 1. The third-order valence-electron chi connectivity index (χ3n) is 3.33. The fourth-order valence-corrected chi connectivity index (χ4v) is 4.04. The lowest BCUT2D eigenvalue weighted by molar-refractivity contribution is 0.167. The molecule has 1 aromatic carbocycles. The molecule has 0 bridgehead atoms. The Morgan fingerprint density at radius 2 is 1.96 bits per heavy atom. The average molecular weight is 378 g/mol. The van der Waals surface area contributed by atoms with Crippen molar-refractivity contribution in [2.24, 2.45) is 0 Å². The van der Waals surface area contributed by atoms with Gasteiger partial charge in [-0.05, 0) is 44.5 Å². The molecular weight excluding hydrogens is 361 g/mol. The Morgan fingerprint density at radius 3 is 2.57 bits per heavy atom. The Bertz CT molecular complexity index is 802. The number of rotatable bonds is 6. The summed E-state index contributed by atoms with van der Waals surface area (Å²) in [6.07, 6.45) is -0.609. The van der Waals surface area contributed by atoms with E-state index in [0.29, 0.717) is 17.1 Å². The summed E-state index contributed by atoms with van der Waals surface area (Å²) in [4.78, 5) is -0.0866. The molecule has 2 rings (SSSR count). The first-order chi connectivity index (χ1) is 10.7. The normalized spacial score (nSPS) is 13.3. The second-order valence-corrected chi connectivity index (χ2v) is 7.72. The predicted octanol–water partition coefficient (Wildman–Crippen LogP) is 3.61. The molecule has 126 valence electrons. The van der Waals surface area contributed by atoms with E-state index in [9.17, 15) is 13.5 Å². The number of aliphatic hydroxyl groups excluding tert-OH is 1. The summed E-state index contributed by atoms with van der Waals surface area (Å²) in [7, 11) is -3.80. The minimum absolute atomic E-state index is 0.0516. The zero-order chi connectivity index (χ0) is 17.2. The first kappa shape index (κ1) is 18.3. The van der Waals surface area contributed by atoms with E-state index in [1.807, 2.05) is 0 Å². The van der Waals surface area contributed by atoms with E-state index in [2.05, 4.69) is 4.72 Å². The molecule has 0 spiro atoms. The molecule has 23 heavy (non-hydrogen) atoms. The topological polar surface area (TPSA) is 79.5 Å². The van der Waals surface area contributed by atoms with Gasteiger partial charge in [0, 0.05) is 17.1 Å². The molecule has 1 unspecified atom stereocenters. The molecule has 0 saturated carbocycles. The van der Waals surface area contributed by atoms with E-state index in [1.165, 1.54) is 18.2 Å². The van der Waals surface area contributed by atoms with Crippen LogP contribution in [0, 0.1) is 13.8 Å². The Balaban J connectivity index is 2.02. The van der Waals surface area contributed by atoms with Crippen LogP contribution in [-0.2, 0) is 10.0 Å². The molecule has 0 aliphatic carbocycles. The number of aryl methyl sites for hydroxylation is 2. The third-order valence-corrected chi connectivity index (χ3v) is 5.51. The van der Waals surface area contributed by atoms with E-state index >= 15 is 0 Å². The fraction of sp³-hybridized carbons (Fsp3) is 0.333. The second-order valence-electron chi connectivity index (χ2n) is 5.15. The predicted molar refractivity (Wildman–Crippen MR) is 89.4 cm³/mol. The van der Waals surface area contributed by atoms with Crippen molar-refractivity contribution >= 4 is 33.2 Å². The highest BCUT2D eigenvalue weighted by atomic mass is 35.5. The van der Waals surface area contributed by atoms with Crippen LogP contribution in [0.1, 0.15) is 29.6 Å². The summed E-state index contributed by atoms with van der Waals surface area (Å²) in [6, 6.07) is 5.95. The average Bonchev–Trinajstić information content (AvgIpc) is 2.80. The standard InChI is InChI=1S/C15H17Cl2NO4S/c1-9-7-12(10(2)22-9)14(19)5-6-18-23(20,21)15-8-11(16)3-4-13(15)17/h3-4,7-8,14,18-19H,5-6H2,1-2H3. The number of hydrogen-bond donors (Lipinski definition) is 2. The molecular formula is C15H17Cl2NO4S. The van der Waals surface area contributed by atoms with Crippen molar-refractivity contribution in [2.45, 2.75) is 31.3 Å². The molecule has 0 amide bonds. The molecule has 5 nitrogen and oxygen atoms in total. The molecule has 0 radical (unpaired) electrons. The molecule has 0 fully saturated rings. The lowest BCUT2D eigenvalue weighted by Crippen LogP contribution is -2.26. The summed E-state index contributed by atoms with van der Waals surface area (Å²) >= 11 is 11.7. The van der Waals surface area contributed by atoms with E-state index in [-0.39, 0.29) is 27.9 Å². The van der Waals surface area contributed by atoms with Gasteiger partial charge >= 0.3 is 0 Å². The van der Waals surface area contributed by atoms with E-state index in [0.717, 1.165) is 0 Å². The Kier molecular flexibility index (Phi) is 5.75. The summed E-state index contributed by atoms with van der Waals surface area (Å²) in [5.41, 5.74) is 0.655. The Morgan fingerprint density at radius 1 is 1.26 bits per heavy atom. The molecule has 0 aliphatic rings. The van der Waals surface area contributed by atoms with E-state index < -0.39 is 16.1 Å². The highest BCUT2D eigenvalue weighted by molar-refractivity contribution is 7.89. The summed E-state index contributed by atoms with van der Waals surface area (Å²) in [6.45, 7) is 3.59. The van der Waals surface area contributed by atoms with Crippen LogP contribution in [0.4, 0.5) is 0 Å². The van der Waals surface area contributed by atoms with Crippen LogP contribution in [0.5, 0.6) is 0 Å². The van der Waals surface area contributed by atoms with Crippen LogP contribution in [0.25, 0.3) is 0 Å². The van der Waals surface area contributed by atoms with Gasteiger partial charge in [0.15, 0.2) is 0 Å². The fourth-order valence-electron chi connectivity index (χ4n) is 2.23. The minimum Gasteiger partial charge on any atom is -0.466 e. The highest BCUT2D eigenvalue weighted by Gasteiger charge is 2.20. The van der Waals surface area contributed by atoms with Gasteiger partial charge in [-0.3, -0.25) is 0 Å². The van der Waals surface area contributed by atoms with Gasteiger partial charge < -0.3 is 9.52 Å². The van der Waals surface area contributed by atoms with Crippen molar-refractivity contribution < 1.29 is 17.9 Å². The zero-order valence-corrected chi connectivity index (χ0v) is 15.0. The van der Waals surface area contributed by atoms with Gasteiger partial charge in [-0.1, -0.05) is 23.2 Å². The van der Waals surface area contributed by atoms with Crippen molar-refractivity contribution in [3.8, 4) is 0 Å². The number of sulfonamides is 1. The molecule has 8 heteroatoms. The molecule has 1 heterocycles. The number of hydrogen-bond acceptors (Lipinski definition) is 4. The Labute approximate surface area is 145 Å². The van der Waals surface area contributed by atoms with E-state index in [4.69, 9.17) is 27.6 Å². The molecule has 2 N–H and O–H groups in total. The largest absolute Gasteiger partial charge is 0.466 e. The number of benzene rings is 1. The monoisotopic (exact) mass is 377 g/mol. The van der Waals surface area contributed by atoms with Crippen molar-refractivity contribution in [1.29, 1.82) is 0 Å². The SMILES string of the molecule is Cc1cc(C(O)CCNS(=O)(=O)c2cc(Cl)ccc2Cl)c(C)o1. The van der Waals surface area contributed by atoms with Crippen molar-refractivity contribution in [3.05, 3.63) is 51.4 Å². The first-order valence-corrected chi connectivity index (χ1v) is 9.14. The minimum atomic E-state index is -3.80. The molecule has 0 aliphatic heterocycles. The maximum Gasteiger partial charge on any atom is 0.242 e. The van der Waals surface area contributed by atoms with Gasteiger partial charge in [-0.25, -0.2) is 13.1 Å². The lowest BCUT2D eigenvalue weighted by atomic mass is 10.1. The number of nitrogens with one attached hydrogen (secondary N) is 1. The van der Waals surface area contributed by atoms with Crippen LogP contribution in [0.15, 0.2) is 33.6 Å². The number of aliphatic hydroxyl groups is 1. The van der Waals surface area contributed by atoms with Gasteiger partial charge in [-0.15, -0.1) is 0 Å². The second kappa shape index (κ2) is 7.23. The van der Waals surface area contributed by atoms with Gasteiger partial charge in [0.05, 0.1) is 11.1 Å². The van der Waals surface area contributed by atoms with Gasteiger partial charge in [0.2, 0.25) is 10.0 Å². The van der Waals surface area contributed by atoms with Gasteiger partial charge in [0.25, 0.3) is 0 Å². The third kappa shape index (κ3) is 4.49. The van der Waals surface area contributed by atoms with Crippen molar-refractivity contribution in [3.63, 3.8) is 0 Å². The van der Waals surface area contributed by atoms with Crippen LogP contribution in [0.2, 0.25) is 10.0 Å². The highest BCUT2D eigenvalue weighted by Crippen LogP contribution is 2.26. The maximum atomic E-state index is 12.2. The molecule has 2 aromatic rings. The quantitative estimate of drug-likeness (QED) is 0.805. The zero-order valence-electron chi connectivity index (χ0n) is 12.6. The summed E-state index contributed by atoms with van der Waals surface area (Å²) in [5.74, 6) is 1.32. The smallest absolute Gasteiger partial charge is 0.242 e. The van der Waals surface area contributed by atoms with Crippen LogP contribution < -0.4 is 4.72 Å². The van der Waals surface area contributed by atoms with Crippen LogP contribution >= 0.6 is 23.2 Å². The first-order valence-electron chi connectivity index (χ1n) is 6.90. The van der Waals surface area contributed by atoms with Crippen molar-refractivity contribution in [1.82, 2.24) is 4.72 Å². The summed E-state index contributed by atoms with van der Waals surface area (Å²) < 4.78 is 32.2.